The molecule has 0 aliphatic carbocycles. The van der Waals surface area contributed by atoms with E-state index in [0.29, 0.717) is 18.0 Å². The fraction of sp³-hybridized carbons (Fsp3) is 0.467. The third kappa shape index (κ3) is 3.36. The Balaban J connectivity index is 2.01. The van der Waals surface area contributed by atoms with Gasteiger partial charge in [-0.15, -0.1) is 0 Å². The van der Waals surface area contributed by atoms with Gasteiger partial charge >= 0.3 is 0 Å². The Morgan fingerprint density at radius 1 is 1.45 bits per heavy atom. The number of aliphatic hydroxyl groups excluding tert-OH is 1. The molecule has 1 unspecified atom stereocenters. The van der Waals surface area contributed by atoms with Crippen LogP contribution in [0.4, 0.5) is 0 Å². The number of rotatable bonds is 7. The molecule has 0 spiro atoms. The number of pyridine rings is 1. The molecule has 5 heteroatoms. The average molecular weight is 275 g/mol. The smallest absolute Gasteiger partial charge is 0.255 e. The largest absolute Gasteiger partial charge is 0.396 e. The van der Waals surface area contributed by atoms with Crippen LogP contribution < -0.4 is 5.32 Å². The molecule has 2 aromatic heterocycles. The van der Waals surface area contributed by atoms with Crippen LogP contribution in [0.15, 0.2) is 30.6 Å². The molecule has 0 bridgehead atoms. The summed E-state index contributed by atoms with van der Waals surface area (Å²) in [6, 6.07) is 5.64. The molecule has 1 atom stereocenters. The van der Waals surface area contributed by atoms with E-state index < -0.39 is 0 Å². The van der Waals surface area contributed by atoms with Crippen LogP contribution in [0.3, 0.4) is 0 Å². The highest BCUT2D eigenvalue weighted by Crippen LogP contribution is 2.12. The lowest BCUT2D eigenvalue weighted by molar-refractivity contribution is 0.0944. The Bertz CT molecular complexity index is 559. The zero-order chi connectivity index (χ0) is 14.4. The van der Waals surface area contributed by atoms with E-state index in [0.717, 1.165) is 24.8 Å². The predicted octanol–water partition coefficient (Wildman–Crippen LogP) is 1.86. The summed E-state index contributed by atoms with van der Waals surface area (Å²) < 4.78 is 1.69. The van der Waals surface area contributed by atoms with Crippen LogP contribution in [0.1, 0.15) is 36.5 Å². The van der Waals surface area contributed by atoms with Crippen LogP contribution in [-0.2, 0) is 0 Å². The molecule has 0 fully saturated rings. The maximum absolute atomic E-state index is 12.2. The highest BCUT2D eigenvalue weighted by atomic mass is 16.3. The molecule has 2 rings (SSSR count). The van der Waals surface area contributed by atoms with Crippen LogP contribution in [-0.4, -0.2) is 33.8 Å². The van der Waals surface area contributed by atoms with Gasteiger partial charge < -0.3 is 10.4 Å². The van der Waals surface area contributed by atoms with Gasteiger partial charge in [0.05, 0.1) is 17.3 Å². The monoisotopic (exact) mass is 275 g/mol. The van der Waals surface area contributed by atoms with E-state index in [1.54, 1.807) is 10.7 Å². The van der Waals surface area contributed by atoms with Gasteiger partial charge in [-0.1, -0.05) is 19.4 Å². The standard InChI is InChI=1S/C15H21N3O2/c1-2-5-12(7-9-19)10-16-15(20)13-11-17-18-8-4-3-6-14(13)18/h3-4,6,8,11-12,19H,2,5,7,9-10H2,1H3,(H,16,20). The van der Waals surface area contributed by atoms with Crippen molar-refractivity contribution in [1.29, 1.82) is 0 Å². The maximum Gasteiger partial charge on any atom is 0.255 e. The molecule has 0 radical (unpaired) electrons. The average Bonchev–Trinajstić information content (AvgIpc) is 2.89. The first-order valence-electron chi connectivity index (χ1n) is 7.07. The number of aromatic nitrogens is 2. The van der Waals surface area contributed by atoms with Crippen molar-refractivity contribution in [3.63, 3.8) is 0 Å². The van der Waals surface area contributed by atoms with Crippen molar-refractivity contribution < 1.29 is 9.90 Å². The normalized spacial score (nSPS) is 12.5. The second kappa shape index (κ2) is 7.05. The zero-order valence-electron chi connectivity index (χ0n) is 11.7. The number of amides is 1. The summed E-state index contributed by atoms with van der Waals surface area (Å²) in [5.74, 6) is 0.223. The number of carbonyl (C=O) groups is 1. The van der Waals surface area contributed by atoms with Gasteiger partial charge in [-0.2, -0.15) is 5.10 Å². The van der Waals surface area contributed by atoms with Crippen LogP contribution >= 0.6 is 0 Å². The summed E-state index contributed by atoms with van der Waals surface area (Å²) in [5, 5.41) is 16.1. The number of hydrogen-bond donors (Lipinski definition) is 2. The van der Waals surface area contributed by atoms with E-state index >= 15 is 0 Å². The molecule has 0 aromatic carbocycles. The van der Waals surface area contributed by atoms with Crippen molar-refractivity contribution >= 4 is 11.4 Å². The van der Waals surface area contributed by atoms with E-state index in [2.05, 4.69) is 17.3 Å². The van der Waals surface area contributed by atoms with Gasteiger partial charge in [0, 0.05) is 19.3 Å². The molecule has 108 valence electrons. The summed E-state index contributed by atoms with van der Waals surface area (Å²) >= 11 is 0. The molecule has 5 nitrogen and oxygen atoms in total. The van der Waals surface area contributed by atoms with Gasteiger partial charge in [0.2, 0.25) is 0 Å². The van der Waals surface area contributed by atoms with Crippen molar-refractivity contribution in [3.8, 4) is 0 Å². The Morgan fingerprint density at radius 3 is 3.05 bits per heavy atom. The molecule has 2 N–H and O–H groups in total. The fourth-order valence-electron chi connectivity index (χ4n) is 2.38. The molecule has 2 aromatic rings. The van der Waals surface area contributed by atoms with E-state index in [4.69, 9.17) is 5.11 Å². The Hall–Kier alpha value is -1.88. The van der Waals surface area contributed by atoms with E-state index in [1.807, 2.05) is 24.4 Å². The lowest BCUT2D eigenvalue weighted by Crippen LogP contribution is -2.29. The second-order valence-corrected chi connectivity index (χ2v) is 4.97. The lowest BCUT2D eigenvalue weighted by Gasteiger charge is -2.15. The van der Waals surface area contributed by atoms with E-state index in [-0.39, 0.29) is 12.5 Å². The summed E-state index contributed by atoms with van der Waals surface area (Å²) in [4.78, 5) is 12.2. The summed E-state index contributed by atoms with van der Waals surface area (Å²) in [6.45, 7) is 2.87. The molecule has 0 saturated heterocycles. The highest BCUT2D eigenvalue weighted by Gasteiger charge is 2.14. The SMILES string of the molecule is CCCC(CCO)CNC(=O)c1cnn2ccccc12. The van der Waals surface area contributed by atoms with Gasteiger partial charge in [0.1, 0.15) is 0 Å². The first kappa shape index (κ1) is 14.5. The van der Waals surface area contributed by atoms with Gasteiger partial charge in [0.25, 0.3) is 5.91 Å². The quantitative estimate of drug-likeness (QED) is 0.810. The second-order valence-electron chi connectivity index (χ2n) is 4.97. The minimum atomic E-state index is -0.106. The van der Waals surface area contributed by atoms with Gasteiger partial charge in [-0.25, -0.2) is 4.52 Å². The predicted molar refractivity (Wildman–Crippen MR) is 77.6 cm³/mol. The topological polar surface area (TPSA) is 66.6 Å². The Labute approximate surface area is 118 Å². The Morgan fingerprint density at radius 2 is 2.30 bits per heavy atom. The van der Waals surface area contributed by atoms with Crippen molar-refractivity contribution in [2.45, 2.75) is 26.2 Å². The van der Waals surface area contributed by atoms with E-state index in [1.165, 1.54) is 0 Å². The maximum atomic E-state index is 12.2. The lowest BCUT2D eigenvalue weighted by atomic mass is 10.00. The number of hydrogen-bond acceptors (Lipinski definition) is 3. The molecule has 2 heterocycles. The highest BCUT2D eigenvalue weighted by molar-refractivity contribution is 6.00. The molecule has 20 heavy (non-hydrogen) atoms. The van der Waals surface area contributed by atoms with Crippen molar-refractivity contribution in [2.75, 3.05) is 13.2 Å². The molecule has 0 saturated carbocycles. The van der Waals surface area contributed by atoms with Gasteiger partial charge in [0.15, 0.2) is 0 Å². The third-order valence-corrected chi connectivity index (χ3v) is 3.46. The summed E-state index contributed by atoms with van der Waals surface area (Å²) in [6.07, 6.45) is 6.19. The van der Waals surface area contributed by atoms with Crippen LogP contribution in [0.5, 0.6) is 0 Å². The molecule has 1 amide bonds. The molecular weight excluding hydrogens is 254 g/mol. The number of carbonyl (C=O) groups excluding carboxylic acids is 1. The minimum absolute atomic E-state index is 0.106. The number of aliphatic hydroxyl groups is 1. The molecular formula is C15H21N3O2. The van der Waals surface area contributed by atoms with Gasteiger partial charge in [-0.3, -0.25) is 4.79 Å². The van der Waals surface area contributed by atoms with Crippen molar-refractivity contribution in [3.05, 3.63) is 36.2 Å². The Kier molecular flexibility index (Phi) is 5.12. The fourth-order valence-corrected chi connectivity index (χ4v) is 2.38. The first-order valence-corrected chi connectivity index (χ1v) is 7.07. The van der Waals surface area contributed by atoms with Crippen LogP contribution in [0.25, 0.3) is 5.52 Å². The summed E-state index contributed by atoms with van der Waals surface area (Å²) in [7, 11) is 0. The minimum Gasteiger partial charge on any atom is -0.396 e. The molecule has 0 aliphatic heterocycles. The van der Waals surface area contributed by atoms with E-state index in [9.17, 15) is 4.79 Å². The molecule has 0 aliphatic rings. The number of nitrogens with one attached hydrogen (secondary N) is 1. The van der Waals surface area contributed by atoms with Gasteiger partial charge in [-0.05, 0) is 30.9 Å². The third-order valence-electron chi connectivity index (χ3n) is 3.46. The number of nitrogens with zero attached hydrogens (tertiary/aromatic N) is 2. The zero-order valence-corrected chi connectivity index (χ0v) is 11.7. The number of fused-ring (bicyclic) bond motifs is 1. The van der Waals surface area contributed by atoms with Crippen LogP contribution in [0.2, 0.25) is 0 Å². The van der Waals surface area contributed by atoms with Crippen molar-refractivity contribution in [2.24, 2.45) is 5.92 Å². The first-order chi connectivity index (χ1) is 9.76. The van der Waals surface area contributed by atoms with Crippen molar-refractivity contribution in [1.82, 2.24) is 14.9 Å². The van der Waals surface area contributed by atoms with Crippen LogP contribution in [0, 0.1) is 5.92 Å². The summed E-state index contributed by atoms with van der Waals surface area (Å²) in [5.41, 5.74) is 1.39.